The third-order valence-electron chi connectivity index (χ3n) is 4.90. The number of para-hydroxylation sites is 1. The Balaban J connectivity index is 2.08. The van der Waals surface area contributed by atoms with E-state index in [0.29, 0.717) is 32.8 Å². The first-order valence-corrected chi connectivity index (χ1v) is 9.91. The van der Waals surface area contributed by atoms with E-state index in [-0.39, 0.29) is 17.9 Å². The molecule has 0 spiro atoms. The maximum atomic E-state index is 12.7. The van der Waals surface area contributed by atoms with E-state index in [0.717, 1.165) is 16.8 Å². The molecular weight excluding hydrogens is 358 g/mol. The molecule has 0 aliphatic carbocycles. The SMILES string of the molecule is CCOC(=O)N1CCN(C(=O)C(=O)Nc2c(C(C)C)cccc2C(C)C)CC1. The Hall–Kier alpha value is -2.57. The molecule has 0 bridgehead atoms. The number of benzene rings is 1. The van der Waals surface area contributed by atoms with Gasteiger partial charge in [-0.3, -0.25) is 9.59 Å². The summed E-state index contributed by atoms with van der Waals surface area (Å²) in [6.45, 7) is 11.7. The van der Waals surface area contributed by atoms with Crippen LogP contribution in [0.15, 0.2) is 18.2 Å². The molecule has 0 unspecified atom stereocenters. The molecule has 0 aromatic heterocycles. The van der Waals surface area contributed by atoms with Crippen molar-refractivity contribution in [1.82, 2.24) is 9.80 Å². The van der Waals surface area contributed by atoms with E-state index in [2.05, 4.69) is 33.0 Å². The Morgan fingerprint density at radius 3 is 1.93 bits per heavy atom. The number of nitrogens with one attached hydrogen (secondary N) is 1. The van der Waals surface area contributed by atoms with Crippen molar-refractivity contribution in [2.24, 2.45) is 0 Å². The fourth-order valence-electron chi connectivity index (χ4n) is 3.31. The highest BCUT2D eigenvalue weighted by Crippen LogP contribution is 2.32. The predicted molar refractivity (Wildman–Crippen MR) is 108 cm³/mol. The van der Waals surface area contributed by atoms with Crippen LogP contribution in [0.3, 0.4) is 0 Å². The Morgan fingerprint density at radius 2 is 1.46 bits per heavy atom. The summed E-state index contributed by atoms with van der Waals surface area (Å²) in [5.74, 6) is -0.772. The molecule has 2 rings (SSSR count). The number of rotatable bonds is 4. The van der Waals surface area contributed by atoms with Gasteiger partial charge >= 0.3 is 17.9 Å². The van der Waals surface area contributed by atoms with Crippen LogP contribution in [-0.4, -0.2) is 60.5 Å². The Kier molecular flexibility index (Phi) is 7.43. The third-order valence-corrected chi connectivity index (χ3v) is 4.90. The molecule has 154 valence electrons. The van der Waals surface area contributed by atoms with E-state index < -0.39 is 11.8 Å². The lowest BCUT2D eigenvalue weighted by Gasteiger charge is -2.33. The zero-order chi connectivity index (χ0) is 20.8. The Bertz CT molecular complexity index is 696. The largest absolute Gasteiger partial charge is 0.450 e. The molecule has 1 aromatic carbocycles. The summed E-state index contributed by atoms with van der Waals surface area (Å²) in [7, 11) is 0. The first-order chi connectivity index (χ1) is 13.3. The molecule has 1 fully saturated rings. The van der Waals surface area contributed by atoms with Crippen molar-refractivity contribution >= 4 is 23.6 Å². The van der Waals surface area contributed by atoms with Crippen LogP contribution in [0.4, 0.5) is 10.5 Å². The number of ether oxygens (including phenoxy) is 1. The van der Waals surface area contributed by atoms with Gasteiger partial charge in [-0.2, -0.15) is 0 Å². The number of piperazine rings is 1. The van der Waals surface area contributed by atoms with Gasteiger partial charge in [-0.1, -0.05) is 45.9 Å². The number of nitrogens with zero attached hydrogens (tertiary/aromatic N) is 2. The maximum Gasteiger partial charge on any atom is 0.409 e. The van der Waals surface area contributed by atoms with E-state index in [9.17, 15) is 14.4 Å². The highest BCUT2D eigenvalue weighted by Gasteiger charge is 2.29. The standard InChI is InChI=1S/C21H31N3O4/c1-6-28-21(27)24-12-10-23(11-13-24)20(26)19(25)22-18-16(14(2)3)8-7-9-17(18)15(4)5/h7-9,14-15H,6,10-13H2,1-5H3,(H,22,25). The van der Waals surface area contributed by atoms with Gasteiger partial charge in [0.15, 0.2) is 0 Å². The molecule has 1 aliphatic rings. The monoisotopic (exact) mass is 389 g/mol. The number of hydrogen-bond acceptors (Lipinski definition) is 4. The summed E-state index contributed by atoms with van der Waals surface area (Å²) in [5.41, 5.74) is 2.76. The fraction of sp³-hybridized carbons (Fsp3) is 0.571. The van der Waals surface area contributed by atoms with Crippen molar-refractivity contribution in [1.29, 1.82) is 0 Å². The minimum Gasteiger partial charge on any atom is -0.450 e. The summed E-state index contributed by atoms with van der Waals surface area (Å²) in [6, 6.07) is 5.94. The highest BCUT2D eigenvalue weighted by atomic mass is 16.6. The molecular formula is C21H31N3O4. The number of amides is 3. The molecule has 0 radical (unpaired) electrons. The van der Waals surface area contributed by atoms with Crippen LogP contribution < -0.4 is 5.32 Å². The predicted octanol–water partition coefficient (Wildman–Crippen LogP) is 3.17. The molecule has 1 saturated heterocycles. The Morgan fingerprint density at radius 1 is 0.964 bits per heavy atom. The molecule has 28 heavy (non-hydrogen) atoms. The summed E-state index contributed by atoms with van der Waals surface area (Å²) in [5, 5.41) is 2.86. The number of carbonyl (C=O) groups is 3. The van der Waals surface area contributed by atoms with E-state index in [1.165, 1.54) is 4.90 Å². The lowest BCUT2D eigenvalue weighted by Crippen LogP contribution is -2.53. The van der Waals surface area contributed by atoms with Gasteiger partial charge in [-0.15, -0.1) is 0 Å². The summed E-state index contributed by atoms with van der Waals surface area (Å²) < 4.78 is 4.98. The quantitative estimate of drug-likeness (QED) is 0.802. The average Bonchev–Trinajstić information content (AvgIpc) is 2.67. The molecule has 1 aromatic rings. The van der Waals surface area contributed by atoms with Crippen LogP contribution in [0, 0.1) is 0 Å². The molecule has 0 saturated carbocycles. The maximum absolute atomic E-state index is 12.7. The van der Waals surface area contributed by atoms with Crippen LogP contribution >= 0.6 is 0 Å². The van der Waals surface area contributed by atoms with Gasteiger partial charge in [0.1, 0.15) is 0 Å². The second-order valence-corrected chi connectivity index (χ2v) is 7.55. The van der Waals surface area contributed by atoms with Gasteiger partial charge in [0.05, 0.1) is 6.61 Å². The van der Waals surface area contributed by atoms with Crippen molar-refractivity contribution < 1.29 is 19.1 Å². The van der Waals surface area contributed by atoms with Crippen LogP contribution in [0.5, 0.6) is 0 Å². The molecule has 1 aliphatic heterocycles. The summed E-state index contributed by atoms with van der Waals surface area (Å²) >= 11 is 0. The topological polar surface area (TPSA) is 79.0 Å². The first-order valence-electron chi connectivity index (χ1n) is 9.91. The van der Waals surface area contributed by atoms with Crippen LogP contribution in [-0.2, 0) is 14.3 Å². The molecule has 1 N–H and O–H groups in total. The molecule has 1 heterocycles. The lowest BCUT2D eigenvalue weighted by atomic mass is 9.92. The van der Waals surface area contributed by atoms with Crippen molar-refractivity contribution in [2.75, 3.05) is 38.1 Å². The van der Waals surface area contributed by atoms with Crippen molar-refractivity contribution in [3.8, 4) is 0 Å². The van der Waals surface area contributed by atoms with Gasteiger partial charge in [0.2, 0.25) is 0 Å². The molecule has 0 atom stereocenters. The van der Waals surface area contributed by atoms with Gasteiger partial charge in [-0.05, 0) is 29.9 Å². The first kappa shape index (κ1) is 21.7. The highest BCUT2D eigenvalue weighted by molar-refractivity contribution is 6.39. The second kappa shape index (κ2) is 9.57. The zero-order valence-electron chi connectivity index (χ0n) is 17.4. The molecule has 7 nitrogen and oxygen atoms in total. The normalized spacial score (nSPS) is 14.4. The van der Waals surface area contributed by atoms with Gasteiger partial charge in [0.25, 0.3) is 0 Å². The lowest BCUT2D eigenvalue weighted by molar-refractivity contribution is -0.144. The molecule has 7 heteroatoms. The third kappa shape index (κ3) is 5.03. The van der Waals surface area contributed by atoms with Crippen molar-refractivity contribution in [3.05, 3.63) is 29.3 Å². The van der Waals surface area contributed by atoms with Crippen molar-refractivity contribution in [2.45, 2.75) is 46.5 Å². The summed E-state index contributed by atoms with van der Waals surface area (Å²) in [4.78, 5) is 40.1. The van der Waals surface area contributed by atoms with Crippen LogP contribution in [0.2, 0.25) is 0 Å². The van der Waals surface area contributed by atoms with E-state index in [4.69, 9.17) is 4.74 Å². The van der Waals surface area contributed by atoms with Gasteiger partial charge in [-0.25, -0.2) is 4.79 Å². The minimum absolute atomic E-state index is 0.220. The minimum atomic E-state index is -0.639. The number of hydrogen-bond donors (Lipinski definition) is 1. The van der Waals surface area contributed by atoms with Crippen LogP contribution in [0.25, 0.3) is 0 Å². The molecule has 3 amide bonds. The summed E-state index contributed by atoms with van der Waals surface area (Å²) in [6.07, 6.45) is -0.383. The second-order valence-electron chi connectivity index (χ2n) is 7.55. The zero-order valence-corrected chi connectivity index (χ0v) is 17.4. The number of carbonyl (C=O) groups excluding carboxylic acids is 3. The van der Waals surface area contributed by atoms with Crippen molar-refractivity contribution in [3.63, 3.8) is 0 Å². The fourth-order valence-corrected chi connectivity index (χ4v) is 3.31. The van der Waals surface area contributed by atoms with Gasteiger partial charge < -0.3 is 19.9 Å². The Labute approximate surface area is 167 Å². The van der Waals surface area contributed by atoms with E-state index in [1.54, 1.807) is 11.8 Å². The number of anilines is 1. The smallest absolute Gasteiger partial charge is 0.409 e. The van der Waals surface area contributed by atoms with E-state index in [1.807, 2.05) is 18.2 Å². The average molecular weight is 389 g/mol. The van der Waals surface area contributed by atoms with E-state index >= 15 is 0 Å². The van der Waals surface area contributed by atoms with Gasteiger partial charge in [0, 0.05) is 31.9 Å². The van der Waals surface area contributed by atoms with Crippen LogP contribution in [0.1, 0.15) is 57.6 Å².